The van der Waals surface area contributed by atoms with Crippen molar-refractivity contribution < 1.29 is 23.9 Å². The first-order valence-corrected chi connectivity index (χ1v) is 12.6. The van der Waals surface area contributed by atoms with Crippen molar-refractivity contribution in [3.05, 3.63) is 27.2 Å². The van der Waals surface area contributed by atoms with E-state index in [0.29, 0.717) is 15.2 Å². The third-order valence-corrected chi connectivity index (χ3v) is 10.7. The molecule has 1 aromatic rings. The number of imide groups is 1. The van der Waals surface area contributed by atoms with Crippen molar-refractivity contribution in [1.82, 2.24) is 4.90 Å². The van der Waals surface area contributed by atoms with Crippen molar-refractivity contribution in [1.29, 1.82) is 0 Å². The monoisotopic (exact) mass is 638 g/mol. The molecule has 2 bridgehead atoms. The average molecular weight is 642 g/mol. The van der Waals surface area contributed by atoms with Crippen LogP contribution >= 0.6 is 59.4 Å². The molecule has 0 spiro atoms. The number of benzene rings is 1. The highest BCUT2D eigenvalue weighted by molar-refractivity contribution is 9.12. The Morgan fingerprint density at radius 3 is 2.32 bits per heavy atom. The number of carbonyl (C=O) groups is 4. The molecule has 1 N–H and O–H groups in total. The molecule has 0 unspecified atom stereocenters. The Morgan fingerprint density at radius 2 is 1.74 bits per heavy atom. The number of anilines is 1. The minimum atomic E-state index is -0.805. The molecular weight excluding hydrogens is 623 g/mol. The Hall–Kier alpha value is -0.970. The van der Waals surface area contributed by atoms with Crippen LogP contribution < -0.4 is 5.32 Å². The summed E-state index contributed by atoms with van der Waals surface area (Å²) in [5.74, 6) is -2.64. The number of hydrogen-bond donors (Lipinski definition) is 1. The third-order valence-electron chi connectivity index (χ3n) is 6.27. The average Bonchev–Trinajstić information content (AvgIpc) is 3.31. The minimum absolute atomic E-state index is 0.0728. The highest BCUT2D eigenvalue weighted by atomic mass is 79.9. The number of alkyl halides is 2. The number of halogens is 4. The van der Waals surface area contributed by atoms with E-state index in [-0.39, 0.29) is 33.3 Å². The predicted molar refractivity (Wildman–Crippen MR) is 124 cm³/mol. The summed E-state index contributed by atoms with van der Waals surface area (Å²) < 4.78 is 5.70. The molecule has 2 aliphatic carbocycles. The maximum atomic E-state index is 12.8. The first kappa shape index (κ1) is 23.2. The van der Waals surface area contributed by atoms with Crippen LogP contribution in [0.1, 0.15) is 12.0 Å². The Kier molecular flexibility index (Phi) is 6.55. The van der Waals surface area contributed by atoms with Crippen LogP contribution in [-0.2, 0) is 23.9 Å². The third kappa shape index (κ3) is 4.09. The Labute approximate surface area is 208 Å². The fourth-order valence-electron chi connectivity index (χ4n) is 4.85. The largest absolute Gasteiger partial charge is 0.454 e. The van der Waals surface area contributed by atoms with Gasteiger partial charge in [0.2, 0.25) is 11.8 Å². The highest BCUT2D eigenvalue weighted by Crippen LogP contribution is 2.60. The summed E-state index contributed by atoms with van der Waals surface area (Å²) in [5.41, 5.74) is 1.27. The summed E-state index contributed by atoms with van der Waals surface area (Å²) in [7, 11) is 0. The van der Waals surface area contributed by atoms with Gasteiger partial charge >= 0.3 is 5.97 Å². The number of amides is 3. The molecule has 3 fully saturated rings. The van der Waals surface area contributed by atoms with Gasteiger partial charge < -0.3 is 10.1 Å². The normalized spacial score (nSPS) is 31.2. The summed E-state index contributed by atoms with van der Waals surface area (Å²) in [5, 5.41) is 3.06. The number of likely N-dealkylation sites (tertiary alicyclic amines) is 1. The molecule has 0 radical (unpaired) electrons. The van der Waals surface area contributed by atoms with Gasteiger partial charge in [0.1, 0.15) is 6.54 Å². The number of nitrogens with zero attached hydrogens (tertiary/aromatic N) is 1. The van der Waals surface area contributed by atoms with Gasteiger partial charge in [-0.1, -0.05) is 43.5 Å². The van der Waals surface area contributed by atoms with Gasteiger partial charge in [-0.15, -0.1) is 0 Å². The predicted octanol–water partition coefficient (Wildman–Crippen LogP) is 3.67. The topological polar surface area (TPSA) is 92.8 Å². The van der Waals surface area contributed by atoms with Crippen LogP contribution in [-0.4, -0.2) is 51.4 Å². The van der Waals surface area contributed by atoms with E-state index in [4.69, 9.17) is 16.3 Å². The number of nitrogens with one attached hydrogen (secondary N) is 1. The maximum Gasteiger partial charge on any atom is 0.326 e. The van der Waals surface area contributed by atoms with Crippen LogP contribution in [0.2, 0.25) is 5.02 Å². The summed E-state index contributed by atoms with van der Waals surface area (Å²) in [4.78, 5) is 51.3. The first-order chi connectivity index (χ1) is 14.6. The van der Waals surface area contributed by atoms with Gasteiger partial charge in [-0.2, -0.15) is 0 Å². The van der Waals surface area contributed by atoms with Crippen molar-refractivity contribution in [2.24, 2.45) is 23.7 Å². The van der Waals surface area contributed by atoms with Gasteiger partial charge in [-0.25, -0.2) is 0 Å². The van der Waals surface area contributed by atoms with Crippen LogP contribution in [0.5, 0.6) is 0 Å². The van der Waals surface area contributed by atoms with Gasteiger partial charge in [0.25, 0.3) is 5.91 Å². The molecule has 11 heteroatoms. The van der Waals surface area contributed by atoms with Crippen LogP contribution in [0.4, 0.5) is 5.69 Å². The molecule has 3 amide bonds. The number of carbonyl (C=O) groups excluding carboxylic acids is 4. The fourth-order valence-corrected chi connectivity index (χ4v) is 7.35. The number of hydrogen-bond acceptors (Lipinski definition) is 5. The number of rotatable bonds is 5. The van der Waals surface area contributed by atoms with Gasteiger partial charge in [0.05, 0.1) is 16.9 Å². The lowest BCUT2D eigenvalue weighted by atomic mass is 9.81. The van der Waals surface area contributed by atoms with E-state index in [2.05, 4.69) is 53.1 Å². The second kappa shape index (κ2) is 8.76. The van der Waals surface area contributed by atoms with E-state index in [0.717, 1.165) is 16.9 Å². The number of aryl methyl sites for hydroxylation is 1. The molecule has 2 saturated carbocycles. The molecule has 4 rings (SSSR count). The van der Waals surface area contributed by atoms with E-state index in [9.17, 15) is 19.2 Å². The van der Waals surface area contributed by atoms with Crippen molar-refractivity contribution in [3.8, 4) is 0 Å². The van der Waals surface area contributed by atoms with Gasteiger partial charge in [0.15, 0.2) is 6.61 Å². The summed E-state index contributed by atoms with van der Waals surface area (Å²) >= 11 is 16.6. The first-order valence-electron chi connectivity index (χ1n) is 9.64. The molecule has 166 valence electrons. The molecule has 1 heterocycles. The fraction of sp³-hybridized carbons (Fsp3) is 0.500. The number of fused-ring (bicyclic) bond motifs is 5. The minimum Gasteiger partial charge on any atom is -0.454 e. The van der Waals surface area contributed by atoms with Crippen molar-refractivity contribution >= 4 is 88.8 Å². The molecule has 3 aliphatic rings. The van der Waals surface area contributed by atoms with Gasteiger partial charge in [-0.3, -0.25) is 24.1 Å². The van der Waals surface area contributed by atoms with Crippen molar-refractivity contribution in [2.75, 3.05) is 18.5 Å². The zero-order chi connectivity index (χ0) is 22.6. The van der Waals surface area contributed by atoms with E-state index in [1.54, 1.807) is 19.1 Å². The van der Waals surface area contributed by atoms with E-state index in [1.807, 2.05) is 0 Å². The molecule has 1 aromatic carbocycles. The quantitative estimate of drug-likeness (QED) is 0.301. The Bertz CT molecular complexity index is 958. The van der Waals surface area contributed by atoms with E-state index >= 15 is 0 Å². The molecule has 6 atom stereocenters. The lowest BCUT2D eigenvalue weighted by molar-refractivity contribution is -0.154. The van der Waals surface area contributed by atoms with Crippen LogP contribution in [0.15, 0.2) is 16.6 Å². The van der Waals surface area contributed by atoms with Crippen LogP contribution in [0.3, 0.4) is 0 Å². The molecule has 31 heavy (non-hydrogen) atoms. The molecule has 1 saturated heterocycles. The van der Waals surface area contributed by atoms with Crippen LogP contribution in [0, 0.1) is 30.6 Å². The zero-order valence-electron chi connectivity index (χ0n) is 16.2. The number of esters is 1. The molecule has 7 nitrogen and oxygen atoms in total. The van der Waals surface area contributed by atoms with Crippen LogP contribution in [0.25, 0.3) is 0 Å². The zero-order valence-corrected chi connectivity index (χ0v) is 21.8. The molecule has 1 aliphatic heterocycles. The summed E-state index contributed by atoms with van der Waals surface area (Å²) in [6, 6.07) is 3.34. The van der Waals surface area contributed by atoms with E-state index < -0.39 is 36.9 Å². The Morgan fingerprint density at radius 1 is 1.16 bits per heavy atom. The van der Waals surface area contributed by atoms with E-state index in [1.165, 1.54) is 0 Å². The molecular formula is C20H18Br3ClN2O5. The highest BCUT2D eigenvalue weighted by Gasteiger charge is 2.66. The summed E-state index contributed by atoms with van der Waals surface area (Å²) in [6.45, 7) is 0.778. The standard InChI is InChI=1S/C20H18Br3ClN2O5/c1-7-2-10(21)11(24)4-12(7)25-13(27)6-31-14(28)5-26-19(29)15-8-3-9(16(15)20(26)30)18(23)17(8)22/h2,4,8-9,15-18H,3,5-6H2,1H3,(H,25,27)/t8-,9-,15-,16+,17-,18+/m1/s1. The second-order valence-electron chi connectivity index (χ2n) is 8.06. The maximum absolute atomic E-state index is 12.8. The summed E-state index contributed by atoms with van der Waals surface area (Å²) in [6.07, 6.45) is 0.816. The smallest absolute Gasteiger partial charge is 0.326 e. The molecule has 0 aromatic heterocycles. The Balaban J connectivity index is 1.33. The number of ether oxygens (including phenoxy) is 1. The lowest BCUT2D eigenvalue weighted by Crippen LogP contribution is -2.38. The second-order valence-corrected chi connectivity index (χ2v) is 11.4. The van der Waals surface area contributed by atoms with Gasteiger partial charge in [0, 0.05) is 19.8 Å². The van der Waals surface area contributed by atoms with Crippen molar-refractivity contribution in [3.63, 3.8) is 0 Å². The SMILES string of the molecule is Cc1cc(Br)c(Cl)cc1NC(=O)COC(=O)CN1C(=O)[C@@H]2[C@H]3C[C@@H]([C@H](Br)[C@@H]3Br)[C@@H]2C1=O. The lowest BCUT2D eigenvalue weighted by Gasteiger charge is -2.28. The van der Waals surface area contributed by atoms with Gasteiger partial charge in [-0.05, 0) is 58.8 Å². The van der Waals surface area contributed by atoms with Crippen molar-refractivity contribution in [2.45, 2.75) is 23.0 Å².